The molecule has 1 heterocycles. The zero-order valence-corrected chi connectivity index (χ0v) is 14.9. The first-order valence-electron chi connectivity index (χ1n) is 8.96. The number of hydrogen-bond acceptors (Lipinski definition) is 4. The van der Waals surface area contributed by atoms with Crippen molar-refractivity contribution in [2.24, 2.45) is 0 Å². The fraction of sp³-hybridized carbons (Fsp3) is 0.250. The molecule has 0 bridgehead atoms. The van der Waals surface area contributed by atoms with Crippen LogP contribution in [0.15, 0.2) is 60.9 Å². The van der Waals surface area contributed by atoms with Crippen molar-refractivity contribution < 1.29 is 4.57 Å². The van der Waals surface area contributed by atoms with Crippen LogP contribution in [0.4, 0.5) is 22.7 Å². The summed E-state index contributed by atoms with van der Waals surface area (Å²) in [6.07, 6.45) is 5.99. The third kappa shape index (κ3) is 4.69. The van der Waals surface area contributed by atoms with Gasteiger partial charge in [-0.05, 0) is 24.3 Å². The Morgan fingerprint density at radius 1 is 0.846 bits per heavy atom. The van der Waals surface area contributed by atoms with Gasteiger partial charge in [0.1, 0.15) is 12.4 Å². The summed E-state index contributed by atoms with van der Waals surface area (Å²) in [4.78, 5) is 3.33. The molecule has 136 valence electrons. The standard InChI is InChI=1S/C20H26N6/c21-16-6-1-3-8-18(16)23-11-5-14-26-15-13-25-20(26)10-12-24-19-9-4-2-7-17(19)22/h1-4,6-9,13,15,23-24H,5,10-12,14,21-22H2/p+1. The lowest BCUT2D eigenvalue weighted by Crippen LogP contribution is -2.37. The number of nitrogens with zero attached hydrogens (tertiary/aromatic N) is 1. The van der Waals surface area contributed by atoms with Gasteiger partial charge in [0.2, 0.25) is 0 Å². The maximum absolute atomic E-state index is 5.96. The molecule has 0 unspecified atom stereocenters. The van der Waals surface area contributed by atoms with Crippen LogP contribution in [0.3, 0.4) is 0 Å². The van der Waals surface area contributed by atoms with Gasteiger partial charge < -0.3 is 22.1 Å². The highest BCUT2D eigenvalue weighted by molar-refractivity contribution is 5.66. The number of hydrogen-bond donors (Lipinski definition) is 5. The Labute approximate surface area is 154 Å². The molecular weight excluding hydrogens is 324 g/mol. The highest BCUT2D eigenvalue weighted by atomic mass is 15.1. The molecule has 0 aliphatic carbocycles. The molecule has 6 heteroatoms. The molecule has 6 nitrogen and oxygen atoms in total. The van der Waals surface area contributed by atoms with E-state index in [0.717, 1.165) is 55.2 Å². The molecule has 0 aliphatic rings. The van der Waals surface area contributed by atoms with Gasteiger partial charge in [-0.3, -0.25) is 0 Å². The second kappa shape index (κ2) is 8.80. The summed E-state index contributed by atoms with van der Waals surface area (Å²) in [7, 11) is 0. The van der Waals surface area contributed by atoms with Gasteiger partial charge in [-0.2, -0.15) is 0 Å². The molecule has 0 radical (unpaired) electrons. The number of rotatable bonds is 9. The summed E-state index contributed by atoms with van der Waals surface area (Å²) in [6, 6.07) is 15.7. The van der Waals surface area contributed by atoms with E-state index in [9.17, 15) is 0 Å². The summed E-state index contributed by atoms with van der Waals surface area (Å²) in [6.45, 7) is 2.66. The third-order valence-corrected chi connectivity index (χ3v) is 4.34. The van der Waals surface area contributed by atoms with Crippen LogP contribution >= 0.6 is 0 Å². The number of imidazole rings is 1. The second-order valence-corrected chi connectivity index (χ2v) is 6.23. The molecule has 26 heavy (non-hydrogen) atoms. The Hall–Kier alpha value is -3.15. The van der Waals surface area contributed by atoms with E-state index in [1.165, 1.54) is 5.82 Å². The van der Waals surface area contributed by atoms with Crippen LogP contribution in [-0.2, 0) is 13.0 Å². The van der Waals surface area contributed by atoms with Crippen LogP contribution in [0.5, 0.6) is 0 Å². The lowest BCUT2D eigenvalue weighted by Gasteiger charge is -2.09. The molecular formula is C20H27N6+. The Balaban J connectivity index is 1.43. The minimum Gasteiger partial charge on any atom is -0.397 e. The number of anilines is 4. The Kier molecular flexibility index (Phi) is 5.98. The quantitative estimate of drug-likeness (QED) is 0.233. The lowest BCUT2D eigenvalue weighted by atomic mass is 10.2. The Morgan fingerprint density at radius 3 is 2.12 bits per heavy atom. The zero-order valence-electron chi connectivity index (χ0n) is 14.9. The van der Waals surface area contributed by atoms with Crippen LogP contribution in [0, 0.1) is 0 Å². The number of nitrogens with two attached hydrogens (primary N) is 2. The van der Waals surface area contributed by atoms with Gasteiger partial charge in [0, 0.05) is 19.5 Å². The molecule has 1 aromatic heterocycles. The number of aryl methyl sites for hydroxylation is 1. The van der Waals surface area contributed by atoms with Crippen molar-refractivity contribution in [3.63, 3.8) is 0 Å². The monoisotopic (exact) mass is 351 g/mol. The van der Waals surface area contributed by atoms with Crippen molar-refractivity contribution in [3.8, 4) is 0 Å². The average molecular weight is 351 g/mol. The summed E-state index contributed by atoms with van der Waals surface area (Å²) in [5.41, 5.74) is 15.4. The van der Waals surface area contributed by atoms with Crippen LogP contribution in [0.1, 0.15) is 12.2 Å². The SMILES string of the molecule is Nc1ccccc1NCCC[n+]1cc[nH]c1CCNc1ccccc1N. The van der Waals surface area contributed by atoms with Gasteiger partial charge in [0.15, 0.2) is 0 Å². The van der Waals surface area contributed by atoms with E-state index in [2.05, 4.69) is 26.4 Å². The van der Waals surface area contributed by atoms with Crippen LogP contribution in [0.25, 0.3) is 0 Å². The largest absolute Gasteiger partial charge is 0.397 e. The van der Waals surface area contributed by atoms with Gasteiger partial charge in [-0.1, -0.05) is 24.3 Å². The van der Waals surface area contributed by atoms with E-state index in [0.29, 0.717) is 0 Å². The second-order valence-electron chi connectivity index (χ2n) is 6.23. The predicted molar refractivity (Wildman–Crippen MR) is 108 cm³/mol. The van der Waals surface area contributed by atoms with Crippen molar-refractivity contribution in [2.75, 3.05) is 35.2 Å². The number of benzene rings is 2. The smallest absolute Gasteiger partial charge is 0.255 e. The zero-order chi connectivity index (χ0) is 18.2. The first kappa shape index (κ1) is 17.7. The molecule has 0 spiro atoms. The van der Waals surface area contributed by atoms with E-state index in [4.69, 9.17) is 11.5 Å². The molecule has 0 amide bonds. The predicted octanol–water partition coefficient (Wildman–Crippen LogP) is 2.62. The van der Waals surface area contributed by atoms with Crippen molar-refractivity contribution in [1.29, 1.82) is 0 Å². The maximum atomic E-state index is 5.96. The first-order valence-corrected chi connectivity index (χ1v) is 8.96. The van der Waals surface area contributed by atoms with E-state index >= 15 is 0 Å². The topological polar surface area (TPSA) is 95.8 Å². The normalized spacial score (nSPS) is 10.6. The van der Waals surface area contributed by atoms with Crippen molar-refractivity contribution in [2.45, 2.75) is 19.4 Å². The molecule has 3 aromatic rings. The number of aromatic nitrogens is 2. The van der Waals surface area contributed by atoms with Crippen LogP contribution in [0.2, 0.25) is 0 Å². The molecule has 0 aliphatic heterocycles. The van der Waals surface area contributed by atoms with Crippen LogP contribution < -0.4 is 26.7 Å². The minimum atomic E-state index is 0.776. The molecule has 0 saturated heterocycles. The lowest BCUT2D eigenvalue weighted by molar-refractivity contribution is -0.702. The fourth-order valence-corrected chi connectivity index (χ4v) is 2.93. The third-order valence-electron chi connectivity index (χ3n) is 4.34. The Bertz CT molecular complexity index is 826. The molecule has 0 atom stereocenters. The number of nitrogens with one attached hydrogen (secondary N) is 3. The highest BCUT2D eigenvalue weighted by Gasteiger charge is 2.10. The number of H-pyrrole nitrogens is 1. The summed E-state index contributed by atoms with van der Waals surface area (Å²) in [5, 5.41) is 6.78. The molecule has 3 rings (SSSR count). The molecule has 0 fully saturated rings. The molecule has 7 N–H and O–H groups in total. The van der Waals surface area contributed by atoms with Gasteiger partial charge >= 0.3 is 0 Å². The van der Waals surface area contributed by atoms with Crippen molar-refractivity contribution in [1.82, 2.24) is 4.98 Å². The van der Waals surface area contributed by atoms with Gasteiger partial charge in [-0.15, -0.1) is 0 Å². The first-order chi connectivity index (χ1) is 12.7. The van der Waals surface area contributed by atoms with E-state index in [-0.39, 0.29) is 0 Å². The van der Waals surface area contributed by atoms with Gasteiger partial charge in [0.25, 0.3) is 5.82 Å². The summed E-state index contributed by atoms with van der Waals surface area (Å²) >= 11 is 0. The average Bonchev–Trinajstić information content (AvgIpc) is 3.09. The number of nitrogen functional groups attached to an aromatic ring is 2. The van der Waals surface area contributed by atoms with E-state index in [1.807, 2.05) is 54.7 Å². The summed E-state index contributed by atoms with van der Waals surface area (Å²) in [5.74, 6) is 1.20. The fourth-order valence-electron chi connectivity index (χ4n) is 2.93. The molecule has 0 saturated carbocycles. The summed E-state index contributed by atoms with van der Waals surface area (Å²) < 4.78 is 2.26. The maximum Gasteiger partial charge on any atom is 0.255 e. The highest BCUT2D eigenvalue weighted by Crippen LogP contribution is 2.17. The van der Waals surface area contributed by atoms with Gasteiger partial charge in [-0.25, -0.2) is 9.55 Å². The molecule has 2 aromatic carbocycles. The van der Waals surface area contributed by atoms with Crippen LogP contribution in [-0.4, -0.2) is 18.1 Å². The van der Waals surface area contributed by atoms with Gasteiger partial charge in [0.05, 0.1) is 35.7 Å². The van der Waals surface area contributed by atoms with E-state index in [1.54, 1.807) is 0 Å². The minimum absolute atomic E-state index is 0.776. The van der Waals surface area contributed by atoms with Crippen molar-refractivity contribution in [3.05, 3.63) is 66.7 Å². The number of aromatic amines is 1. The van der Waals surface area contributed by atoms with E-state index < -0.39 is 0 Å². The number of para-hydroxylation sites is 4. The van der Waals surface area contributed by atoms with Crippen molar-refractivity contribution >= 4 is 22.7 Å². The Morgan fingerprint density at radius 2 is 1.46 bits per heavy atom.